The molecule has 6 rings (SSSR count). The first-order valence-electron chi connectivity index (χ1n) is 12.4. The number of amides is 2. The van der Waals surface area contributed by atoms with Gasteiger partial charge in [0.25, 0.3) is 0 Å². The number of carbonyl (C=O) groups excluding carboxylic acids is 2. The zero-order chi connectivity index (χ0) is 27.1. The van der Waals surface area contributed by atoms with Crippen LogP contribution in [0.15, 0.2) is 65.8 Å². The fourth-order valence-electron chi connectivity index (χ4n) is 5.20. The molecule has 6 heterocycles. The largest absolute Gasteiger partial charge is 0.383 e. The van der Waals surface area contributed by atoms with Gasteiger partial charge in [-0.3, -0.25) is 14.6 Å². The maximum absolute atomic E-state index is 13.8. The molecule has 2 atom stereocenters. The fourth-order valence-corrected chi connectivity index (χ4v) is 5.54. The lowest BCUT2D eigenvalue weighted by atomic mass is 10.1. The van der Waals surface area contributed by atoms with E-state index in [1.54, 1.807) is 40.1 Å². The second kappa shape index (κ2) is 10.0. The molecule has 1 fully saturated rings. The number of nitrogens with zero attached hydrogens (tertiary/aromatic N) is 7. The summed E-state index contributed by atoms with van der Waals surface area (Å²) in [7, 11) is 0. The SMILES string of the molecule is C[C@@H]1CC[C@@H](C(=O)Nc2cccc(Br)n2)N1C(=O)Cn1c2ccc(-c3ccncc3)nc2c2c(N)ncnc21. The Bertz CT molecular complexity index is 1720. The van der Waals surface area contributed by atoms with Gasteiger partial charge in [-0.2, -0.15) is 0 Å². The van der Waals surface area contributed by atoms with E-state index in [2.05, 4.69) is 41.2 Å². The molecule has 0 spiro atoms. The summed E-state index contributed by atoms with van der Waals surface area (Å²) in [6.07, 6.45) is 6.07. The summed E-state index contributed by atoms with van der Waals surface area (Å²) in [5.74, 6) is 0.239. The molecule has 0 bridgehead atoms. The van der Waals surface area contributed by atoms with E-state index in [4.69, 9.17) is 10.7 Å². The van der Waals surface area contributed by atoms with Crippen molar-refractivity contribution in [3.8, 4) is 11.3 Å². The van der Waals surface area contributed by atoms with Gasteiger partial charge in [0.2, 0.25) is 11.8 Å². The van der Waals surface area contributed by atoms with Crippen molar-refractivity contribution >= 4 is 61.4 Å². The Morgan fingerprint density at radius 1 is 1.08 bits per heavy atom. The van der Waals surface area contributed by atoms with Gasteiger partial charge in [-0.15, -0.1) is 0 Å². The van der Waals surface area contributed by atoms with E-state index in [-0.39, 0.29) is 30.2 Å². The smallest absolute Gasteiger partial charge is 0.248 e. The molecule has 5 aromatic heterocycles. The number of halogens is 1. The maximum atomic E-state index is 13.8. The third kappa shape index (κ3) is 4.56. The number of hydrogen-bond donors (Lipinski definition) is 2. The Kier molecular flexibility index (Phi) is 6.39. The van der Waals surface area contributed by atoms with E-state index in [1.807, 2.05) is 31.2 Å². The molecule has 196 valence electrons. The Hall–Kier alpha value is -4.45. The Labute approximate surface area is 231 Å². The van der Waals surface area contributed by atoms with Gasteiger partial charge >= 0.3 is 0 Å². The number of aromatic nitrogens is 6. The highest BCUT2D eigenvalue weighted by Crippen LogP contribution is 2.32. The summed E-state index contributed by atoms with van der Waals surface area (Å²) in [6, 6.07) is 12.1. The van der Waals surface area contributed by atoms with Gasteiger partial charge in [-0.25, -0.2) is 19.9 Å². The molecule has 0 aliphatic carbocycles. The van der Waals surface area contributed by atoms with Gasteiger partial charge in [0, 0.05) is 24.0 Å². The standard InChI is InChI=1S/C27H24BrN9O2/c1-15-5-7-19(27(39)35-21-4-2-3-20(28)34-21)37(15)22(38)13-36-18-8-6-17(16-9-11-30-12-10-16)33-24(18)23-25(29)31-14-32-26(23)36/h2-4,6,8-12,14-15,19H,5,7,13H2,1H3,(H2,29,31,32)(H,34,35,39)/t15-,19+/m1/s1. The number of nitrogens with two attached hydrogens (primary N) is 1. The molecule has 1 aliphatic heterocycles. The first-order valence-corrected chi connectivity index (χ1v) is 13.2. The second-order valence-electron chi connectivity index (χ2n) is 9.42. The quantitative estimate of drug-likeness (QED) is 0.296. The Morgan fingerprint density at radius 3 is 2.69 bits per heavy atom. The summed E-state index contributed by atoms with van der Waals surface area (Å²) < 4.78 is 2.41. The van der Waals surface area contributed by atoms with Crippen molar-refractivity contribution in [3.63, 3.8) is 0 Å². The van der Waals surface area contributed by atoms with E-state index in [9.17, 15) is 9.59 Å². The van der Waals surface area contributed by atoms with Crippen molar-refractivity contribution in [2.75, 3.05) is 11.1 Å². The van der Waals surface area contributed by atoms with E-state index in [0.29, 0.717) is 38.9 Å². The third-order valence-corrected chi connectivity index (χ3v) is 7.45. The van der Waals surface area contributed by atoms with Crippen LogP contribution in [-0.2, 0) is 16.1 Å². The van der Waals surface area contributed by atoms with E-state index in [0.717, 1.165) is 17.7 Å². The van der Waals surface area contributed by atoms with Crippen LogP contribution >= 0.6 is 15.9 Å². The van der Waals surface area contributed by atoms with E-state index < -0.39 is 6.04 Å². The normalized spacial score (nSPS) is 17.1. The fraction of sp³-hybridized carbons (Fsp3) is 0.222. The van der Waals surface area contributed by atoms with Crippen molar-refractivity contribution in [1.29, 1.82) is 0 Å². The van der Waals surface area contributed by atoms with Crippen molar-refractivity contribution in [3.05, 3.63) is 65.8 Å². The molecule has 5 aromatic rings. The summed E-state index contributed by atoms with van der Waals surface area (Å²) in [4.78, 5) is 50.5. The second-order valence-corrected chi connectivity index (χ2v) is 10.2. The molecule has 39 heavy (non-hydrogen) atoms. The Balaban J connectivity index is 1.35. The van der Waals surface area contributed by atoms with E-state index >= 15 is 0 Å². The minimum Gasteiger partial charge on any atom is -0.383 e. The molecule has 1 saturated heterocycles. The first kappa shape index (κ1) is 24.9. The lowest BCUT2D eigenvalue weighted by Gasteiger charge is -2.28. The van der Waals surface area contributed by atoms with Gasteiger partial charge in [0.15, 0.2) is 0 Å². The van der Waals surface area contributed by atoms with Crippen molar-refractivity contribution in [1.82, 2.24) is 34.4 Å². The topological polar surface area (TPSA) is 145 Å². The van der Waals surface area contributed by atoms with Crippen LogP contribution in [0.1, 0.15) is 19.8 Å². The highest BCUT2D eigenvalue weighted by atomic mass is 79.9. The summed E-state index contributed by atoms with van der Waals surface area (Å²) in [6.45, 7) is 1.92. The molecule has 0 radical (unpaired) electrons. The summed E-state index contributed by atoms with van der Waals surface area (Å²) >= 11 is 3.32. The average molecular weight is 586 g/mol. The summed E-state index contributed by atoms with van der Waals surface area (Å²) in [5, 5.41) is 3.43. The van der Waals surface area contributed by atoms with Crippen molar-refractivity contribution in [2.24, 2.45) is 0 Å². The van der Waals surface area contributed by atoms with Crippen LogP contribution in [-0.4, -0.2) is 58.3 Å². The first-order chi connectivity index (χ1) is 18.9. The highest BCUT2D eigenvalue weighted by Gasteiger charge is 2.39. The lowest BCUT2D eigenvalue weighted by molar-refractivity contribution is -0.138. The van der Waals surface area contributed by atoms with Crippen LogP contribution in [0.3, 0.4) is 0 Å². The molecule has 11 nitrogen and oxygen atoms in total. The third-order valence-electron chi connectivity index (χ3n) is 7.01. The number of nitrogens with one attached hydrogen (secondary N) is 1. The van der Waals surface area contributed by atoms with Gasteiger partial charge in [-0.05, 0) is 72.1 Å². The monoisotopic (exact) mass is 585 g/mol. The highest BCUT2D eigenvalue weighted by molar-refractivity contribution is 9.10. The minimum absolute atomic E-state index is 0.0318. The summed E-state index contributed by atoms with van der Waals surface area (Å²) in [5.41, 5.74) is 9.74. The predicted octanol–water partition coefficient (Wildman–Crippen LogP) is 3.80. The molecule has 12 heteroatoms. The minimum atomic E-state index is -0.613. The van der Waals surface area contributed by atoms with Crippen LogP contribution in [0.4, 0.5) is 11.6 Å². The van der Waals surface area contributed by atoms with E-state index in [1.165, 1.54) is 6.33 Å². The lowest BCUT2D eigenvalue weighted by Crippen LogP contribution is -2.47. The number of fused-ring (bicyclic) bond motifs is 3. The van der Waals surface area contributed by atoms with Gasteiger partial charge < -0.3 is 20.5 Å². The molecule has 0 unspecified atom stereocenters. The van der Waals surface area contributed by atoms with Crippen LogP contribution in [0, 0.1) is 0 Å². The number of rotatable bonds is 5. The number of nitrogen functional groups attached to an aromatic ring is 1. The Morgan fingerprint density at radius 2 is 1.90 bits per heavy atom. The number of likely N-dealkylation sites (tertiary alicyclic amines) is 1. The molecular formula is C27H24BrN9O2. The van der Waals surface area contributed by atoms with Crippen LogP contribution in [0.2, 0.25) is 0 Å². The maximum Gasteiger partial charge on any atom is 0.248 e. The number of pyridine rings is 3. The van der Waals surface area contributed by atoms with Gasteiger partial charge in [-0.1, -0.05) is 6.07 Å². The molecule has 1 aliphatic rings. The molecule has 2 amide bonds. The van der Waals surface area contributed by atoms with Crippen LogP contribution in [0.5, 0.6) is 0 Å². The number of anilines is 2. The van der Waals surface area contributed by atoms with Gasteiger partial charge in [0.1, 0.15) is 46.3 Å². The van der Waals surface area contributed by atoms with Crippen molar-refractivity contribution < 1.29 is 9.59 Å². The molecule has 0 saturated carbocycles. The zero-order valence-corrected chi connectivity index (χ0v) is 22.5. The van der Waals surface area contributed by atoms with Gasteiger partial charge in [0.05, 0.1) is 16.6 Å². The molecule has 3 N–H and O–H groups in total. The van der Waals surface area contributed by atoms with Crippen molar-refractivity contribution in [2.45, 2.75) is 38.4 Å². The number of carbonyl (C=O) groups is 2. The zero-order valence-electron chi connectivity index (χ0n) is 21.0. The van der Waals surface area contributed by atoms with Crippen LogP contribution in [0.25, 0.3) is 33.3 Å². The van der Waals surface area contributed by atoms with Crippen LogP contribution < -0.4 is 11.1 Å². The molecule has 0 aromatic carbocycles. The predicted molar refractivity (Wildman–Crippen MR) is 150 cm³/mol. The number of hydrogen-bond acceptors (Lipinski definition) is 8. The molecular weight excluding hydrogens is 562 g/mol. The average Bonchev–Trinajstić information content (AvgIpc) is 3.47.